The fraction of sp³-hybridized carbons (Fsp3) is 0.381. The minimum absolute atomic E-state index is 0.233. The molecule has 4 nitrogen and oxygen atoms in total. The van der Waals surface area contributed by atoms with Gasteiger partial charge in [0.25, 0.3) is 0 Å². The molecule has 3 aliphatic rings. The molecular formula is C21H24N2O2. The van der Waals surface area contributed by atoms with Gasteiger partial charge in [0, 0.05) is 18.0 Å². The molecule has 3 heterocycles. The van der Waals surface area contributed by atoms with Crippen molar-refractivity contribution >= 4 is 6.21 Å². The molecule has 25 heavy (non-hydrogen) atoms. The molecule has 5 rings (SSSR count). The molecule has 2 aromatic rings. The van der Waals surface area contributed by atoms with Crippen LogP contribution in [0.1, 0.15) is 24.0 Å². The quantitative estimate of drug-likeness (QED) is 0.596. The van der Waals surface area contributed by atoms with Crippen molar-refractivity contribution in [2.75, 3.05) is 19.6 Å². The first-order valence-corrected chi connectivity index (χ1v) is 9.06. The molecule has 0 saturated carbocycles. The zero-order valence-electron chi connectivity index (χ0n) is 14.4. The third-order valence-electron chi connectivity index (χ3n) is 5.14. The first kappa shape index (κ1) is 16.2. The van der Waals surface area contributed by atoms with Gasteiger partial charge in [0.05, 0.1) is 6.21 Å². The van der Waals surface area contributed by atoms with Crippen LogP contribution in [0.25, 0.3) is 0 Å². The minimum atomic E-state index is 0.233. The molecule has 0 spiro atoms. The van der Waals surface area contributed by atoms with E-state index in [0.29, 0.717) is 12.5 Å². The summed E-state index contributed by atoms with van der Waals surface area (Å²) in [5.74, 6) is 1.49. The Morgan fingerprint density at radius 1 is 1.00 bits per heavy atom. The van der Waals surface area contributed by atoms with Gasteiger partial charge in [0.2, 0.25) is 0 Å². The summed E-state index contributed by atoms with van der Waals surface area (Å²) in [6.07, 6.45) is 4.47. The van der Waals surface area contributed by atoms with Crippen LogP contribution in [-0.4, -0.2) is 36.9 Å². The average Bonchev–Trinajstić information content (AvgIpc) is 2.69. The molecule has 0 aromatic heterocycles. The van der Waals surface area contributed by atoms with E-state index in [1.54, 1.807) is 6.21 Å². The van der Waals surface area contributed by atoms with E-state index >= 15 is 0 Å². The SMILES string of the molecule is C(=N\OC1CN2CCC1CC2)/c1ccccc1OCc1ccccc1. The summed E-state index contributed by atoms with van der Waals surface area (Å²) in [4.78, 5) is 8.28. The van der Waals surface area contributed by atoms with Gasteiger partial charge in [-0.2, -0.15) is 0 Å². The third-order valence-corrected chi connectivity index (χ3v) is 5.14. The topological polar surface area (TPSA) is 34.1 Å². The zero-order chi connectivity index (χ0) is 16.9. The second kappa shape index (κ2) is 7.70. The Morgan fingerprint density at radius 3 is 2.52 bits per heavy atom. The molecule has 0 radical (unpaired) electrons. The minimum Gasteiger partial charge on any atom is -0.488 e. The van der Waals surface area contributed by atoms with Crippen molar-refractivity contribution in [1.29, 1.82) is 0 Å². The molecule has 1 unspecified atom stereocenters. The van der Waals surface area contributed by atoms with Crippen LogP contribution < -0.4 is 4.74 Å². The van der Waals surface area contributed by atoms with Gasteiger partial charge in [0.1, 0.15) is 18.5 Å². The Kier molecular flexibility index (Phi) is 4.98. The van der Waals surface area contributed by atoms with Crippen LogP contribution in [0.2, 0.25) is 0 Å². The Hall–Kier alpha value is -2.33. The van der Waals surface area contributed by atoms with Gasteiger partial charge in [-0.3, -0.25) is 4.90 Å². The summed E-state index contributed by atoms with van der Waals surface area (Å²) in [6.45, 7) is 3.98. The van der Waals surface area contributed by atoms with E-state index in [-0.39, 0.29) is 6.10 Å². The molecule has 3 fully saturated rings. The molecule has 2 bridgehead atoms. The molecule has 0 N–H and O–H groups in total. The monoisotopic (exact) mass is 336 g/mol. The third kappa shape index (κ3) is 4.02. The van der Waals surface area contributed by atoms with Crippen molar-refractivity contribution in [3.63, 3.8) is 0 Å². The van der Waals surface area contributed by atoms with Crippen LogP contribution in [0.4, 0.5) is 0 Å². The summed E-state index contributed by atoms with van der Waals surface area (Å²) in [7, 11) is 0. The number of oxime groups is 1. The summed E-state index contributed by atoms with van der Waals surface area (Å²) in [5.41, 5.74) is 2.09. The lowest BCUT2D eigenvalue weighted by molar-refractivity contribution is -0.0675. The van der Waals surface area contributed by atoms with E-state index in [1.165, 1.54) is 25.9 Å². The van der Waals surface area contributed by atoms with Gasteiger partial charge in [-0.25, -0.2) is 0 Å². The number of ether oxygens (including phenoxy) is 1. The van der Waals surface area contributed by atoms with Crippen molar-refractivity contribution in [2.24, 2.45) is 11.1 Å². The maximum Gasteiger partial charge on any atom is 0.143 e. The number of hydrogen-bond donors (Lipinski definition) is 0. The summed E-state index contributed by atoms with van der Waals surface area (Å²) in [6, 6.07) is 18.1. The number of para-hydroxylation sites is 1. The highest BCUT2D eigenvalue weighted by atomic mass is 16.6. The molecule has 3 saturated heterocycles. The van der Waals surface area contributed by atoms with Crippen molar-refractivity contribution in [3.8, 4) is 5.75 Å². The molecule has 0 amide bonds. The predicted octanol–water partition coefficient (Wildman–Crippen LogP) is 3.71. The van der Waals surface area contributed by atoms with Crippen LogP contribution in [0.5, 0.6) is 5.75 Å². The fourth-order valence-electron chi connectivity index (χ4n) is 3.65. The predicted molar refractivity (Wildman–Crippen MR) is 98.8 cm³/mol. The van der Waals surface area contributed by atoms with E-state index in [9.17, 15) is 0 Å². The van der Waals surface area contributed by atoms with E-state index in [1.807, 2.05) is 42.5 Å². The van der Waals surface area contributed by atoms with Crippen LogP contribution in [0, 0.1) is 5.92 Å². The van der Waals surface area contributed by atoms with Gasteiger partial charge in [-0.1, -0.05) is 47.6 Å². The lowest BCUT2D eigenvalue weighted by Gasteiger charge is -2.42. The smallest absolute Gasteiger partial charge is 0.143 e. The number of hydrogen-bond acceptors (Lipinski definition) is 4. The van der Waals surface area contributed by atoms with Crippen LogP contribution in [0.3, 0.4) is 0 Å². The largest absolute Gasteiger partial charge is 0.488 e. The Labute approximate surface area is 149 Å². The highest BCUT2D eigenvalue weighted by molar-refractivity contribution is 5.83. The highest BCUT2D eigenvalue weighted by Crippen LogP contribution is 2.29. The van der Waals surface area contributed by atoms with Crippen molar-refractivity contribution in [3.05, 3.63) is 65.7 Å². The second-order valence-corrected chi connectivity index (χ2v) is 6.83. The van der Waals surface area contributed by atoms with E-state index < -0.39 is 0 Å². The summed E-state index contributed by atoms with van der Waals surface area (Å²) in [5, 5.41) is 4.27. The maximum absolute atomic E-state index is 5.96. The van der Waals surface area contributed by atoms with E-state index in [2.05, 4.69) is 22.2 Å². The van der Waals surface area contributed by atoms with Crippen molar-refractivity contribution in [1.82, 2.24) is 4.90 Å². The number of nitrogens with zero attached hydrogens (tertiary/aromatic N) is 2. The number of piperidine rings is 3. The molecule has 0 aliphatic carbocycles. The van der Waals surface area contributed by atoms with Gasteiger partial charge < -0.3 is 9.57 Å². The second-order valence-electron chi connectivity index (χ2n) is 6.83. The Morgan fingerprint density at radius 2 is 1.76 bits per heavy atom. The zero-order valence-corrected chi connectivity index (χ0v) is 14.4. The Bertz CT molecular complexity index is 709. The van der Waals surface area contributed by atoms with Crippen LogP contribution in [0.15, 0.2) is 59.8 Å². The molecule has 2 aromatic carbocycles. The first-order chi connectivity index (χ1) is 12.4. The molecule has 4 heteroatoms. The Balaban J connectivity index is 1.37. The first-order valence-electron chi connectivity index (χ1n) is 9.06. The van der Waals surface area contributed by atoms with Crippen LogP contribution >= 0.6 is 0 Å². The van der Waals surface area contributed by atoms with Crippen molar-refractivity contribution < 1.29 is 9.57 Å². The highest BCUT2D eigenvalue weighted by Gasteiger charge is 2.35. The van der Waals surface area contributed by atoms with Gasteiger partial charge >= 0.3 is 0 Å². The van der Waals surface area contributed by atoms with Gasteiger partial charge in [0.15, 0.2) is 0 Å². The van der Waals surface area contributed by atoms with E-state index in [4.69, 9.17) is 9.57 Å². The normalized spacial score (nSPS) is 25.2. The number of rotatable bonds is 6. The number of benzene rings is 2. The standard InChI is InChI=1S/C21H24N2O2/c1-2-6-17(7-3-1)16-24-20-9-5-4-8-19(20)14-22-25-21-15-23-12-10-18(21)11-13-23/h1-9,14,18,21H,10-13,15-16H2/b22-14+. The summed E-state index contributed by atoms with van der Waals surface area (Å²) < 4.78 is 5.96. The lowest BCUT2D eigenvalue weighted by Crippen LogP contribution is -2.50. The lowest BCUT2D eigenvalue weighted by atomic mass is 9.86. The van der Waals surface area contributed by atoms with E-state index in [0.717, 1.165) is 23.4 Å². The molecular weight excluding hydrogens is 312 g/mol. The summed E-state index contributed by atoms with van der Waals surface area (Å²) >= 11 is 0. The number of fused-ring (bicyclic) bond motifs is 3. The van der Waals surface area contributed by atoms with Crippen molar-refractivity contribution in [2.45, 2.75) is 25.6 Å². The van der Waals surface area contributed by atoms with Gasteiger partial charge in [-0.05, 0) is 43.6 Å². The van der Waals surface area contributed by atoms with Crippen LogP contribution in [-0.2, 0) is 11.4 Å². The maximum atomic E-state index is 5.96. The average molecular weight is 336 g/mol. The molecule has 130 valence electrons. The molecule has 3 aliphatic heterocycles. The fourth-order valence-corrected chi connectivity index (χ4v) is 3.65. The molecule has 1 atom stereocenters. The van der Waals surface area contributed by atoms with Gasteiger partial charge in [-0.15, -0.1) is 0 Å².